The van der Waals surface area contributed by atoms with Gasteiger partial charge in [0.05, 0.1) is 26.1 Å². The third kappa shape index (κ3) is 2.56. The maximum Gasteiger partial charge on any atom is 0.336 e. The van der Waals surface area contributed by atoms with Crippen molar-refractivity contribution >= 4 is 44.1 Å². The first-order valence-electron chi connectivity index (χ1n) is 6.05. The topological polar surface area (TPSA) is 50.2 Å². The summed E-state index contributed by atoms with van der Waals surface area (Å²) < 4.78 is 13.9. The van der Waals surface area contributed by atoms with Crippen molar-refractivity contribution in [3.8, 4) is 10.6 Å². The highest BCUT2D eigenvalue weighted by Gasteiger charge is 2.15. The molecule has 0 amide bonds. The second-order valence-electron chi connectivity index (χ2n) is 4.55. The van der Waals surface area contributed by atoms with Gasteiger partial charge >= 0.3 is 5.97 Å². The summed E-state index contributed by atoms with van der Waals surface area (Å²) in [5.74, 6) is -1.53. The third-order valence-electron chi connectivity index (χ3n) is 3.07. The van der Waals surface area contributed by atoms with Gasteiger partial charge in [-0.3, -0.25) is 0 Å². The molecule has 0 bridgehead atoms. The zero-order valence-electron chi connectivity index (χ0n) is 10.9. The number of carboxylic acids is 1. The fourth-order valence-corrected chi connectivity index (χ4v) is 3.27. The van der Waals surface area contributed by atoms with Crippen molar-refractivity contribution in [3.05, 3.63) is 51.1 Å². The fraction of sp³-hybridized carbons (Fsp3) is 0.0667. The number of thiophene rings is 1. The molecular weight excluding hydrogens is 357 g/mol. The van der Waals surface area contributed by atoms with E-state index in [1.54, 1.807) is 0 Å². The number of aromatic nitrogens is 1. The van der Waals surface area contributed by atoms with Crippen LogP contribution in [0.1, 0.15) is 15.2 Å². The molecule has 2 aromatic heterocycles. The Bertz CT molecular complexity index is 875. The quantitative estimate of drug-likeness (QED) is 0.704. The molecule has 0 aliphatic heterocycles. The summed E-state index contributed by atoms with van der Waals surface area (Å²) >= 11 is 4.59. The Kier molecular flexibility index (Phi) is 3.51. The Morgan fingerprint density at radius 2 is 2.10 bits per heavy atom. The normalized spacial score (nSPS) is 11.0. The summed E-state index contributed by atoms with van der Waals surface area (Å²) in [6.45, 7) is 1.96. The molecule has 2 heterocycles. The van der Waals surface area contributed by atoms with E-state index in [0.717, 1.165) is 9.75 Å². The minimum atomic E-state index is -1.06. The van der Waals surface area contributed by atoms with E-state index in [0.29, 0.717) is 16.6 Å². The summed E-state index contributed by atoms with van der Waals surface area (Å²) in [5.41, 5.74) is 0.984. The molecule has 3 nitrogen and oxygen atoms in total. The lowest BCUT2D eigenvalue weighted by atomic mass is 10.1. The number of hydrogen-bond acceptors (Lipinski definition) is 3. The number of aromatic carboxylic acids is 1. The average Bonchev–Trinajstić information content (AvgIpc) is 2.85. The van der Waals surface area contributed by atoms with Gasteiger partial charge in [0.15, 0.2) is 0 Å². The number of rotatable bonds is 2. The molecular formula is C15H9BrFNO2S. The van der Waals surface area contributed by atoms with Crippen LogP contribution in [0.4, 0.5) is 4.39 Å². The van der Waals surface area contributed by atoms with E-state index in [4.69, 9.17) is 0 Å². The Hall–Kier alpha value is -1.79. The predicted molar refractivity (Wildman–Crippen MR) is 84.4 cm³/mol. The SMILES string of the molecule is Cc1ccc(-c2cc(C(=O)O)c3cc(Br)c(F)cc3n2)s1. The van der Waals surface area contributed by atoms with Crippen LogP contribution in [0.2, 0.25) is 0 Å². The van der Waals surface area contributed by atoms with Crippen LogP contribution < -0.4 is 0 Å². The molecule has 0 spiro atoms. The molecule has 3 rings (SSSR count). The van der Waals surface area contributed by atoms with E-state index in [1.165, 1.54) is 29.5 Å². The van der Waals surface area contributed by atoms with Crippen LogP contribution >= 0.6 is 27.3 Å². The highest BCUT2D eigenvalue weighted by Crippen LogP contribution is 2.31. The zero-order chi connectivity index (χ0) is 15.1. The highest BCUT2D eigenvalue weighted by atomic mass is 79.9. The van der Waals surface area contributed by atoms with Crippen LogP contribution in [0, 0.1) is 12.7 Å². The molecule has 0 unspecified atom stereocenters. The van der Waals surface area contributed by atoms with E-state index in [9.17, 15) is 14.3 Å². The van der Waals surface area contributed by atoms with Crippen molar-refractivity contribution in [2.45, 2.75) is 6.92 Å². The van der Waals surface area contributed by atoms with Gasteiger partial charge in [0.2, 0.25) is 0 Å². The van der Waals surface area contributed by atoms with E-state index in [2.05, 4.69) is 20.9 Å². The molecule has 6 heteroatoms. The van der Waals surface area contributed by atoms with Crippen molar-refractivity contribution in [1.29, 1.82) is 0 Å². The zero-order valence-corrected chi connectivity index (χ0v) is 13.3. The van der Waals surface area contributed by atoms with Gasteiger partial charge < -0.3 is 5.11 Å². The Balaban J connectivity index is 2.34. The van der Waals surface area contributed by atoms with Gasteiger partial charge in [0.1, 0.15) is 5.82 Å². The van der Waals surface area contributed by atoms with Crippen LogP contribution in [-0.4, -0.2) is 16.1 Å². The fourth-order valence-electron chi connectivity index (χ4n) is 2.10. The monoisotopic (exact) mass is 365 g/mol. The average molecular weight is 366 g/mol. The van der Waals surface area contributed by atoms with Crippen molar-refractivity contribution in [3.63, 3.8) is 0 Å². The maximum absolute atomic E-state index is 13.7. The maximum atomic E-state index is 13.7. The van der Waals surface area contributed by atoms with Crippen LogP contribution in [0.5, 0.6) is 0 Å². The largest absolute Gasteiger partial charge is 0.478 e. The first-order valence-corrected chi connectivity index (χ1v) is 7.66. The first kappa shape index (κ1) is 14.2. The molecule has 106 valence electrons. The van der Waals surface area contributed by atoms with Gasteiger partial charge in [-0.25, -0.2) is 14.2 Å². The van der Waals surface area contributed by atoms with Crippen molar-refractivity contribution in [2.24, 2.45) is 0 Å². The molecule has 0 radical (unpaired) electrons. The van der Waals surface area contributed by atoms with Crippen molar-refractivity contribution in [2.75, 3.05) is 0 Å². The van der Waals surface area contributed by atoms with Crippen molar-refractivity contribution in [1.82, 2.24) is 4.98 Å². The molecule has 3 aromatic rings. The standard InChI is InChI=1S/C15H9BrFNO2S/c1-7-2-3-14(21-7)13-5-9(15(19)20)8-4-10(16)11(17)6-12(8)18-13/h2-6H,1H3,(H,19,20). The number of carbonyl (C=O) groups is 1. The van der Waals surface area contributed by atoms with E-state index >= 15 is 0 Å². The Morgan fingerprint density at radius 3 is 2.71 bits per heavy atom. The molecule has 21 heavy (non-hydrogen) atoms. The number of benzene rings is 1. The first-order chi connectivity index (χ1) is 9.95. The summed E-state index contributed by atoms with van der Waals surface area (Å²) in [7, 11) is 0. The summed E-state index contributed by atoms with van der Waals surface area (Å²) in [6, 6.07) is 8.05. The van der Waals surface area contributed by atoms with Gasteiger partial charge in [-0.1, -0.05) is 0 Å². The Labute approximate surface area is 132 Å². The third-order valence-corrected chi connectivity index (χ3v) is 4.70. The van der Waals surface area contributed by atoms with Gasteiger partial charge in [-0.05, 0) is 47.1 Å². The van der Waals surface area contributed by atoms with Gasteiger partial charge in [-0.2, -0.15) is 0 Å². The number of pyridine rings is 1. The van der Waals surface area contributed by atoms with Crippen LogP contribution in [0.25, 0.3) is 21.5 Å². The molecule has 0 saturated heterocycles. The second-order valence-corrected chi connectivity index (χ2v) is 6.70. The molecule has 0 atom stereocenters. The number of aryl methyl sites for hydroxylation is 1. The van der Waals surface area contributed by atoms with E-state index < -0.39 is 11.8 Å². The molecule has 1 N–H and O–H groups in total. The number of halogens is 2. The summed E-state index contributed by atoms with van der Waals surface area (Å²) in [6.07, 6.45) is 0. The number of hydrogen-bond donors (Lipinski definition) is 1. The predicted octanol–water partition coefficient (Wildman–Crippen LogP) is 4.87. The molecule has 1 aromatic carbocycles. The highest BCUT2D eigenvalue weighted by molar-refractivity contribution is 9.10. The molecule has 0 fully saturated rings. The Morgan fingerprint density at radius 1 is 1.33 bits per heavy atom. The summed E-state index contributed by atoms with van der Waals surface area (Å²) in [4.78, 5) is 17.8. The summed E-state index contributed by atoms with van der Waals surface area (Å²) in [5, 5.41) is 9.80. The molecule has 0 aliphatic rings. The van der Waals surface area contributed by atoms with E-state index in [-0.39, 0.29) is 10.0 Å². The smallest absolute Gasteiger partial charge is 0.336 e. The number of fused-ring (bicyclic) bond motifs is 1. The van der Waals surface area contributed by atoms with Gasteiger partial charge in [0.25, 0.3) is 0 Å². The van der Waals surface area contributed by atoms with Crippen LogP contribution in [0.3, 0.4) is 0 Å². The van der Waals surface area contributed by atoms with Crippen LogP contribution in [-0.2, 0) is 0 Å². The lowest BCUT2D eigenvalue weighted by molar-refractivity contribution is 0.0699. The van der Waals surface area contributed by atoms with E-state index in [1.807, 2.05) is 19.1 Å². The molecule has 0 aliphatic carbocycles. The second kappa shape index (κ2) is 5.20. The lowest BCUT2D eigenvalue weighted by Crippen LogP contribution is -2.00. The minimum absolute atomic E-state index is 0.113. The molecule has 0 saturated carbocycles. The van der Waals surface area contributed by atoms with Gasteiger partial charge in [0, 0.05) is 16.3 Å². The number of nitrogens with zero attached hydrogens (tertiary/aromatic N) is 1. The van der Waals surface area contributed by atoms with Crippen LogP contribution in [0.15, 0.2) is 34.8 Å². The minimum Gasteiger partial charge on any atom is -0.478 e. The lowest BCUT2D eigenvalue weighted by Gasteiger charge is -2.07. The van der Waals surface area contributed by atoms with Gasteiger partial charge in [-0.15, -0.1) is 11.3 Å². The van der Waals surface area contributed by atoms with Crippen molar-refractivity contribution < 1.29 is 14.3 Å². The number of carboxylic acid groups (broad SMARTS) is 1.